The first-order valence-electron chi connectivity index (χ1n) is 9.19. The predicted molar refractivity (Wildman–Crippen MR) is 109 cm³/mol. The van der Waals surface area contributed by atoms with Crippen LogP contribution < -0.4 is 20.5 Å². The van der Waals surface area contributed by atoms with Crippen LogP contribution in [0.3, 0.4) is 0 Å². The van der Waals surface area contributed by atoms with Gasteiger partial charge < -0.3 is 9.47 Å². The smallest absolute Gasteiger partial charge is 0.271 e. The van der Waals surface area contributed by atoms with Gasteiger partial charge in [-0.05, 0) is 36.8 Å². The molecule has 0 atom stereocenters. The zero-order valence-electron chi connectivity index (χ0n) is 16.1. The van der Waals surface area contributed by atoms with Gasteiger partial charge in [0.25, 0.3) is 11.5 Å². The van der Waals surface area contributed by atoms with Crippen molar-refractivity contribution in [2.45, 2.75) is 19.4 Å². The molecule has 0 aliphatic carbocycles. The average Bonchev–Trinajstić information content (AvgIpc) is 3.22. The molecule has 148 valence electrons. The second-order valence-electron chi connectivity index (χ2n) is 6.63. The van der Waals surface area contributed by atoms with Crippen LogP contribution in [0.15, 0.2) is 46.3 Å². The van der Waals surface area contributed by atoms with E-state index in [1.54, 1.807) is 55.2 Å². The van der Waals surface area contributed by atoms with Gasteiger partial charge in [-0.3, -0.25) is 14.2 Å². The molecule has 0 spiro atoms. The minimum Gasteiger partial charge on any atom is -0.497 e. The van der Waals surface area contributed by atoms with E-state index in [9.17, 15) is 9.59 Å². The van der Waals surface area contributed by atoms with E-state index in [0.717, 1.165) is 18.7 Å². The number of nitrogens with one attached hydrogen (secondary N) is 1. The number of benzene rings is 2. The third kappa shape index (κ3) is 3.56. The second-order valence-corrected chi connectivity index (χ2v) is 6.63. The summed E-state index contributed by atoms with van der Waals surface area (Å²) in [5.41, 5.74) is 4.03. The van der Waals surface area contributed by atoms with Crippen LogP contribution in [0.25, 0.3) is 10.9 Å². The number of hydrazone groups is 1. The van der Waals surface area contributed by atoms with Crippen LogP contribution in [-0.4, -0.2) is 35.9 Å². The Morgan fingerprint density at radius 3 is 2.86 bits per heavy atom. The lowest BCUT2D eigenvalue weighted by Crippen LogP contribution is -2.22. The van der Waals surface area contributed by atoms with Gasteiger partial charge in [-0.1, -0.05) is 0 Å². The van der Waals surface area contributed by atoms with Crippen molar-refractivity contribution in [3.8, 4) is 11.5 Å². The number of carbonyl (C=O) groups excluding carboxylic acids is 1. The summed E-state index contributed by atoms with van der Waals surface area (Å²) in [6.45, 7) is 0.697. The molecule has 1 N–H and O–H groups in total. The quantitative estimate of drug-likeness (QED) is 0.530. The fourth-order valence-electron chi connectivity index (χ4n) is 3.38. The summed E-state index contributed by atoms with van der Waals surface area (Å²) in [4.78, 5) is 29.5. The maximum absolute atomic E-state index is 12.5. The monoisotopic (exact) mass is 392 g/mol. The van der Waals surface area contributed by atoms with Crippen molar-refractivity contribution in [2.24, 2.45) is 5.10 Å². The number of methoxy groups -OCH3 is 2. The summed E-state index contributed by atoms with van der Waals surface area (Å²) in [6.07, 6.45) is 3.18. The number of rotatable bonds is 5. The largest absolute Gasteiger partial charge is 0.497 e. The van der Waals surface area contributed by atoms with Crippen molar-refractivity contribution >= 4 is 23.0 Å². The highest BCUT2D eigenvalue weighted by Crippen LogP contribution is 2.23. The van der Waals surface area contributed by atoms with E-state index >= 15 is 0 Å². The molecule has 2 aromatic carbocycles. The SMILES string of the molecule is COc1ccc(/C=N\NC(=O)c2ccc3c(=O)n4c(nc3c2)CCC4)c(OC)c1. The number of hydrogen-bond acceptors (Lipinski definition) is 6. The third-order valence-corrected chi connectivity index (χ3v) is 4.89. The molecule has 2 heterocycles. The van der Waals surface area contributed by atoms with Gasteiger partial charge in [-0.25, -0.2) is 10.4 Å². The topological polar surface area (TPSA) is 94.8 Å². The van der Waals surface area contributed by atoms with Crippen molar-refractivity contribution in [2.75, 3.05) is 14.2 Å². The van der Waals surface area contributed by atoms with E-state index in [1.807, 2.05) is 0 Å². The summed E-state index contributed by atoms with van der Waals surface area (Å²) >= 11 is 0. The first-order chi connectivity index (χ1) is 14.1. The van der Waals surface area contributed by atoms with E-state index in [2.05, 4.69) is 15.5 Å². The van der Waals surface area contributed by atoms with E-state index < -0.39 is 5.91 Å². The average molecular weight is 392 g/mol. The molecule has 0 saturated heterocycles. The summed E-state index contributed by atoms with van der Waals surface area (Å²) < 4.78 is 12.2. The summed E-state index contributed by atoms with van der Waals surface area (Å²) in [7, 11) is 3.12. The van der Waals surface area contributed by atoms with Crippen LogP contribution in [0.5, 0.6) is 11.5 Å². The van der Waals surface area contributed by atoms with Gasteiger partial charge in [0.15, 0.2) is 0 Å². The molecule has 1 amide bonds. The van der Waals surface area contributed by atoms with E-state index in [4.69, 9.17) is 9.47 Å². The number of hydrogen-bond donors (Lipinski definition) is 1. The normalized spacial score (nSPS) is 12.9. The minimum absolute atomic E-state index is 0.0564. The molecule has 4 rings (SSSR count). The molecular weight excluding hydrogens is 372 g/mol. The summed E-state index contributed by atoms with van der Waals surface area (Å²) in [5, 5.41) is 4.52. The van der Waals surface area contributed by atoms with Gasteiger partial charge in [0.05, 0.1) is 31.3 Å². The summed E-state index contributed by atoms with van der Waals surface area (Å²) in [6, 6.07) is 10.1. The lowest BCUT2D eigenvalue weighted by atomic mass is 10.1. The molecular formula is C21H20N4O4. The van der Waals surface area contributed by atoms with Gasteiger partial charge in [0, 0.05) is 30.2 Å². The summed E-state index contributed by atoms with van der Waals surface area (Å²) in [5.74, 6) is 1.61. The molecule has 0 radical (unpaired) electrons. The number of amides is 1. The minimum atomic E-state index is -0.391. The lowest BCUT2D eigenvalue weighted by Gasteiger charge is -2.07. The fraction of sp³-hybridized carbons (Fsp3) is 0.238. The molecule has 0 unspecified atom stereocenters. The highest BCUT2D eigenvalue weighted by atomic mass is 16.5. The zero-order valence-corrected chi connectivity index (χ0v) is 16.1. The second kappa shape index (κ2) is 7.75. The third-order valence-electron chi connectivity index (χ3n) is 4.89. The Hall–Kier alpha value is -3.68. The maximum atomic E-state index is 12.5. The Kier molecular flexibility index (Phi) is 4.99. The van der Waals surface area contributed by atoms with E-state index in [1.165, 1.54) is 6.21 Å². The molecule has 3 aromatic rings. The van der Waals surface area contributed by atoms with Crippen molar-refractivity contribution < 1.29 is 14.3 Å². The number of aromatic nitrogens is 2. The van der Waals surface area contributed by atoms with Gasteiger partial charge in [0.1, 0.15) is 17.3 Å². The van der Waals surface area contributed by atoms with Crippen LogP contribution in [0.1, 0.15) is 28.2 Å². The number of fused-ring (bicyclic) bond motifs is 2. The number of ether oxygens (including phenoxy) is 2. The first-order valence-corrected chi connectivity index (χ1v) is 9.19. The van der Waals surface area contributed by atoms with E-state index in [-0.39, 0.29) is 5.56 Å². The molecule has 0 fully saturated rings. The van der Waals surface area contributed by atoms with Gasteiger partial charge in [-0.15, -0.1) is 0 Å². The standard InChI is InChI=1S/C21H20N4O4/c1-28-15-7-5-14(18(11-15)29-2)12-22-24-20(26)13-6-8-16-17(10-13)23-19-4-3-9-25(19)21(16)27/h5-8,10-12H,3-4,9H2,1-2H3,(H,24,26)/b22-12-. The number of carbonyl (C=O) groups is 1. The van der Waals surface area contributed by atoms with Crippen molar-refractivity contribution in [1.82, 2.24) is 15.0 Å². The van der Waals surface area contributed by atoms with Crippen molar-refractivity contribution in [3.05, 3.63) is 63.7 Å². The Balaban J connectivity index is 1.54. The Labute approximate surface area is 166 Å². The molecule has 0 saturated carbocycles. The Bertz CT molecular complexity index is 1180. The molecule has 29 heavy (non-hydrogen) atoms. The molecule has 1 aliphatic heterocycles. The van der Waals surface area contributed by atoms with Crippen molar-refractivity contribution in [1.29, 1.82) is 0 Å². The van der Waals surface area contributed by atoms with Gasteiger partial charge >= 0.3 is 0 Å². The highest BCUT2D eigenvalue weighted by molar-refractivity contribution is 5.98. The number of aryl methyl sites for hydroxylation is 1. The lowest BCUT2D eigenvalue weighted by molar-refractivity contribution is 0.0955. The first kappa shape index (κ1) is 18.7. The van der Waals surface area contributed by atoms with E-state index in [0.29, 0.717) is 40.1 Å². The Morgan fingerprint density at radius 1 is 1.21 bits per heavy atom. The molecule has 8 heteroatoms. The Morgan fingerprint density at radius 2 is 2.07 bits per heavy atom. The van der Waals surface area contributed by atoms with Crippen LogP contribution in [0, 0.1) is 0 Å². The van der Waals surface area contributed by atoms with Crippen LogP contribution in [0.2, 0.25) is 0 Å². The molecule has 8 nitrogen and oxygen atoms in total. The van der Waals surface area contributed by atoms with Gasteiger partial charge in [0.2, 0.25) is 0 Å². The fourth-order valence-corrected chi connectivity index (χ4v) is 3.38. The van der Waals surface area contributed by atoms with Crippen LogP contribution in [0.4, 0.5) is 0 Å². The predicted octanol–water partition coefficient (Wildman–Crippen LogP) is 2.12. The molecule has 0 bridgehead atoms. The molecule has 1 aliphatic rings. The van der Waals surface area contributed by atoms with Gasteiger partial charge in [-0.2, -0.15) is 5.10 Å². The zero-order chi connectivity index (χ0) is 20.4. The molecule has 1 aromatic heterocycles. The number of nitrogens with zero attached hydrogens (tertiary/aromatic N) is 3. The van der Waals surface area contributed by atoms with Crippen LogP contribution >= 0.6 is 0 Å². The highest BCUT2D eigenvalue weighted by Gasteiger charge is 2.17. The van der Waals surface area contributed by atoms with Crippen LogP contribution in [-0.2, 0) is 13.0 Å². The maximum Gasteiger partial charge on any atom is 0.271 e. The van der Waals surface area contributed by atoms with Crippen molar-refractivity contribution in [3.63, 3.8) is 0 Å².